The first-order chi connectivity index (χ1) is 11.3. The van der Waals surface area contributed by atoms with Gasteiger partial charge in [-0.1, -0.05) is 78.9 Å². The number of hydrogen-bond donors (Lipinski definition) is 1. The summed E-state index contributed by atoms with van der Waals surface area (Å²) in [5.74, 6) is 0.518. The highest BCUT2D eigenvalue weighted by Gasteiger charge is 2.17. The van der Waals surface area contributed by atoms with Crippen molar-refractivity contribution in [3.05, 3.63) is 102 Å². The minimum Gasteiger partial charge on any atom is -0.410 e. The molecular weight excluding hydrogens is 286 g/mol. The third-order valence-electron chi connectivity index (χ3n) is 3.48. The van der Waals surface area contributed by atoms with Crippen molar-refractivity contribution in [1.29, 1.82) is 0 Å². The second-order valence-electron chi connectivity index (χ2n) is 5.10. The van der Waals surface area contributed by atoms with Gasteiger partial charge in [0, 0.05) is 0 Å². The SMILES string of the molecule is O=C(NC(c1ccccc1)c1ccccc1)Oc1ccccc1. The van der Waals surface area contributed by atoms with E-state index in [2.05, 4.69) is 5.32 Å². The van der Waals surface area contributed by atoms with Crippen LogP contribution in [-0.4, -0.2) is 6.09 Å². The second kappa shape index (κ2) is 7.27. The number of benzene rings is 3. The van der Waals surface area contributed by atoms with Crippen LogP contribution in [0.2, 0.25) is 0 Å². The van der Waals surface area contributed by atoms with E-state index in [1.807, 2.05) is 78.9 Å². The highest BCUT2D eigenvalue weighted by molar-refractivity contribution is 5.71. The Kier molecular flexibility index (Phi) is 4.69. The Labute approximate surface area is 135 Å². The van der Waals surface area contributed by atoms with Gasteiger partial charge in [-0.3, -0.25) is 0 Å². The molecule has 0 saturated carbocycles. The van der Waals surface area contributed by atoms with Gasteiger partial charge in [-0.05, 0) is 23.3 Å². The quantitative estimate of drug-likeness (QED) is 0.767. The molecule has 3 heteroatoms. The van der Waals surface area contributed by atoms with E-state index in [9.17, 15) is 4.79 Å². The second-order valence-corrected chi connectivity index (χ2v) is 5.10. The van der Waals surface area contributed by atoms with E-state index < -0.39 is 6.09 Å². The van der Waals surface area contributed by atoms with Crippen molar-refractivity contribution in [3.63, 3.8) is 0 Å². The van der Waals surface area contributed by atoms with Crippen molar-refractivity contribution in [2.24, 2.45) is 0 Å². The number of carbonyl (C=O) groups excluding carboxylic acids is 1. The highest BCUT2D eigenvalue weighted by Crippen LogP contribution is 2.22. The fourth-order valence-corrected chi connectivity index (χ4v) is 2.39. The Balaban J connectivity index is 1.81. The van der Waals surface area contributed by atoms with E-state index in [0.29, 0.717) is 5.75 Å². The maximum absolute atomic E-state index is 12.2. The molecule has 0 fully saturated rings. The van der Waals surface area contributed by atoms with Crippen molar-refractivity contribution >= 4 is 6.09 Å². The van der Waals surface area contributed by atoms with Gasteiger partial charge in [0.15, 0.2) is 0 Å². The Morgan fingerprint density at radius 2 is 1.13 bits per heavy atom. The van der Waals surface area contributed by atoms with E-state index in [0.717, 1.165) is 11.1 Å². The van der Waals surface area contributed by atoms with Crippen molar-refractivity contribution in [2.75, 3.05) is 0 Å². The Morgan fingerprint density at radius 3 is 1.61 bits per heavy atom. The van der Waals surface area contributed by atoms with Crippen LogP contribution in [0.5, 0.6) is 5.75 Å². The topological polar surface area (TPSA) is 38.3 Å². The smallest absolute Gasteiger partial charge is 0.410 e. The third kappa shape index (κ3) is 3.98. The molecule has 1 N–H and O–H groups in total. The van der Waals surface area contributed by atoms with Gasteiger partial charge in [0.1, 0.15) is 5.75 Å². The molecule has 3 aromatic rings. The predicted molar refractivity (Wildman–Crippen MR) is 90.3 cm³/mol. The molecule has 0 aliphatic carbocycles. The molecule has 0 aliphatic rings. The zero-order chi connectivity index (χ0) is 15.9. The van der Waals surface area contributed by atoms with Gasteiger partial charge in [-0.2, -0.15) is 0 Å². The van der Waals surface area contributed by atoms with Gasteiger partial charge >= 0.3 is 6.09 Å². The Hall–Kier alpha value is -3.07. The number of para-hydroxylation sites is 1. The molecule has 23 heavy (non-hydrogen) atoms. The lowest BCUT2D eigenvalue weighted by Gasteiger charge is -2.19. The van der Waals surface area contributed by atoms with Crippen LogP contribution in [0.1, 0.15) is 17.2 Å². The molecule has 0 aliphatic heterocycles. The Bertz CT molecular complexity index is 703. The lowest BCUT2D eigenvalue weighted by atomic mass is 9.99. The molecule has 0 heterocycles. The number of ether oxygens (including phenoxy) is 1. The van der Waals surface area contributed by atoms with Gasteiger partial charge in [0.2, 0.25) is 0 Å². The van der Waals surface area contributed by atoms with E-state index in [1.54, 1.807) is 12.1 Å². The summed E-state index contributed by atoms with van der Waals surface area (Å²) in [4.78, 5) is 12.2. The van der Waals surface area contributed by atoms with Crippen LogP contribution < -0.4 is 10.1 Å². The van der Waals surface area contributed by atoms with Crippen LogP contribution in [0, 0.1) is 0 Å². The minimum atomic E-state index is -0.478. The molecule has 3 nitrogen and oxygen atoms in total. The van der Waals surface area contributed by atoms with Gasteiger partial charge < -0.3 is 10.1 Å². The number of amides is 1. The first-order valence-electron chi connectivity index (χ1n) is 7.46. The first-order valence-corrected chi connectivity index (χ1v) is 7.46. The molecule has 0 atom stereocenters. The monoisotopic (exact) mass is 303 g/mol. The van der Waals surface area contributed by atoms with Crippen LogP contribution in [0.15, 0.2) is 91.0 Å². The number of carbonyl (C=O) groups is 1. The minimum absolute atomic E-state index is 0.256. The van der Waals surface area contributed by atoms with E-state index in [4.69, 9.17) is 4.74 Å². The normalized spacial score (nSPS) is 10.3. The van der Waals surface area contributed by atoms with Crippen molar-refractivity contribution < 1.29 is 9.53 Å². The lowest BCUT2D eigenvalue weighted by molar-refractivity contribution is 0.198. The maximum Gasteiger partial charge on any atom is 0.413 e. The summed E-state index contributed by atoms with van der Waals surface area (Å²) in [6.45, 7) is 0. The zero-order valence-electron chi connectivity index (χ0n) is 12.6. The highest BCUT2D eigenvalue weighted by atomic mass is 16.6. The zero-order valence-corrected chi connectivity index (χ0v) is 12.6. The van der Waals surface area contributed by atoms with Crippen LogP contribution in [0.25, 0.3) is 0 Å². The number of hydrogen-bond acceptors (Lipinski definition) is 2. The molecule has 0 spiro atoms. The molecule has 1 amide bonds. The van der Waals surface area contributed by atoms with Crippen molar-refractivity contribution in [2.45, 2.75) is 6.04 Å². The van der Waals surface area contributed by atoms with Crippen LogP contribution in [-0.2, 0) is 0 Å². The predicted octanol–water partition coefficient (Wildman–Crippen LogP) is 4.56. The molecule has 0 bridgehead atoms. The Morgan fingerprint density at radius 1 is 0.696 bits per heavy atom. The molecular formula is C20H17NO2. The lowest BCUT2D eigenvalue weighted by Crippen LogP contribution is -2.31. The van der Waals surface area contributed by atoms with E-state index >= 15 is 0 Å². The fraction of sp³-hybridized carbons (Fsp3) is 0.0500. The summed E-state index contributed by atoms with van der Waals surface area (Å²) >= 11 is 0. The van der Waals surface area contributed by atoms with Crippen molar-refractivity contribution in [1.82, 2.24) is 5.32 Å². The van der Waals surface area contributed by atoms with Crippen LogP contribution in [0.3, 0.4) is 0 Å². The third-order valence-corrected chi connectivity index (χ3v) is 3.48. The summed E-state index contributed by atoms with van der Waals surface area (Å²) in [6, 6.07) is 28.4. The number of nitrogens with one attached hydrogen (secondary N) is 1. The van der Waals surface area contributed by atoms with Crippen LogP contribution in [0.4, 0.5) is 4.79 Å². The van der Waals surface area contributed by atoms with Crippen LogP contribution >= 0.6 is 0 Å². The van der Waals surface area contributed by atoms with Gasteiger partial charge in [0.05, 0.1) is 6.04 Å². The van der Waals surface area contributed by atoms with Crippen molar-refractivity contribution in [3.8, 4) is 5.75 Å². The summed E-state index contributed by atoms with van der Waals surface area (Å²) in [5, 5.41) is 2.94. The average molecular weight is 303 g/mol. The first kappa shape index (κ1) is 14.9. The summed E-state index contributed by atoms with van der Waals surface area (Å²) in [7, 11) is 0. The molecule has 0 saturated heterocycles. The fourth-order valence-electron chi connectivity index (χ4n) is 2.39. The average Bonchev–Trinajstić information content (AvgIpc) is 2.62. The molecule has 0 radical (unpaired) electrons. The summed E-state index contributed by atoms with van der Waals surface area (Å²) in [5.41, 5.74) is 2.01. The van der Waals surface area contributed by atoms with E-state index in [-0.39, 0.29) is 6.04 Å². The van der Waals surface area contributed by atoms with Gasteiger partial charge in [-0.15, -0.1) is 0 Å². The van der Waals surface area contributed by atoms with E-state index in [1.165, 1.54) is 0 Å². The summed E-state index contributed by atoms with van der Waals surface area (Å²) in [6.07, 6.45) is -0.478. The largest absolute Gasteiger partial charge is 0.413 e. The van der Waals surface area contributed by atoms with Gasteiger partial charge in [-0.25, -0.2) is 4.79 Å². The standard InChI is InChI=1S/C20H17NO2/c22-20(23-18-14-8-3-9-15-18)21-19(16-10-4-1-5-11-16)17-12-6-2-7-13-17/h1-15,19H,(H,21,22). The molecule has 3 rings (SSSR count). The maximum atomic E-state index is 12.2. The molecule has 0 aromatic heterocycles. The number of rotatable bonds is 4. The summed E-state index contributed by atoms with van der Waals surface area (Å²) < 4.78 is 5.34. The molecule has 0 unspecified atom stereocenters. The molecule has 114 valence electrons. The molecule has 3 aromatic carbocycles. The van der Waals surface area contributed by atoms with Gasteiger partial charge in [0.25, 0.3) is 0 Å².